The van der Waals surface area contributed by atoms with Crippen LogP contribution >= 0.6 is 0 Å². The van der Waals surface area contributed by atoms with E-state index in [0.717, 1.165) is 12.1 Å². The summed E-state index contributed by atoms with van der Waals surface area (Å²) in [6.45, 7) is 0. The smallest absolute Gasteiger partial charge is 0.487 e. The van der Waals surface area contributed by atoms with E-state index in [1.807, 2.05) is 0 Å². The second-order valence-electron chi connectivity index (χ2n) is 1.84. The summed E-state index contributed by atoms with van der Waals surface area (Å²) in [7, 11) is 0. The molecular formula is C7H3F2O2Y+2. The van der Waals surface area contributed by atoms with Gasteiger partial charge >= 0.3 is 32.7 Å². The number of carbonyl (C=O) groups is 1. The Hall–Kier alpha value is -0.346. The number of benzene rings is 1. The third kappa shape index (κ3) is 2.32. The number of carboxylic acids is 1. The van der Waals surface area contributed by atoms with Crippen molar-refractivity contribution in [3.8, 4) is 0 Å². The van der Waals surface area contributed by atoms with Gasteiger partial charge < -0.3 is 5.11 Å². The van der Waals surface area contributed by atoms with Crippen LogP contribution < -0.4 is 0 Å². The van der Waals surface area contributed by atoms with Crippen LogP contribution in [-0.4, -0.2) is 11.1 Å². The van der Waals surface area contributed by atoms with Gasteiger partial charge in [-0.1, -0.05) is 0 Å². The van der Waals surface area contributed by atoms with Gasteiger partial charge in [0.1, 0.15) is 0 Å². The van der Waals surface area contributed by atoms with Crippen molar-refractivity contribution in [2.75, 3.05) is 0 Å². The molecule has 1 aromatic carbocycles. The molecular weight excluding hydrogens is 243 g/mol. The molecule has 0 aliphatic carbocycles. The van der Waals surface area contributed by atoms with Gasteiger partial charge in [0.05, 0.1) is 5.82 Å². The van der Waals surface area contributed by atoms with Crippen molar-refractivity contribution in [3.63, 3.8) is 0 Å². The van der Waals surface area contributed by atoms with Crippen molar-refractivity contribution in [3.05, 3.63) is 35.4 Å². The Labute approximate surface area is 92.5 Å². The van der Waals surface area contributed by atoms with Crippen LogP contribution in [-0.2, 0) is 32.7 Å². The van der Waals surface area contributed by atoms with E-state index in [1.165, 1.54) is 0 Å². The van der Waals surface area contributed by atoms with Crippen LogP contribution in [0.1, 0.15) is 10.4 Å². The zero-order valence-electron chi connectivity index (χ0n) is 5.84. The van der Waals surface area contributed by atoms with Crippen molar-refractivity contribution in [2.45, 2.75) is 0 Å². The normalized spacial score (nSPS) is 8.83. The first-order valence-corrected chi connectivity index (χ1v) is 2.71. The van der Waals surface area contributed by atoms with E-state index < -0.39 is 23.2 Å². The minimum absolute atomic E-state index is 0. The quantitative estimate of drug-likeness (QED) is 0.761. The van der Waals surface area contributed by atoms with Gasteiger partial charge in [-0.2, -0.15) is 12.1 Å². The number of halogens is 2. The molecule has 0 radical (unpaired) electrons. The SMILES string of the molecule is O=C(O)c1c[c-]cc(F)c1F.[Y+3]. The van der Waals surface area contributed by atoms with Crippen molar-refractivity contribution in [1.29, 1.82) is 0 Å². The largest absolute Gasteiger partial charge is 3.00 e. The standard InChI is InChI=1S/C7H3F2O2.Y/c8-5-3-1-2-4(6(5)9)7(10)11;/h2-3H,(H,10,11);/q-1;+3. The van der Waals surface area contributed by atoms with Gasteiger partial charge in [-0.15, -0.1) is 6.07 Å². The maximum atomic E-state index is 12.5. The van der Waals surface area contributed by atoms with E-state index >= 15 is 0 Å². The summed E-state index contributed by atoms with van der Waals surface area (Å²) in [5.74, 6) is -4.06. The summed E-state index contributed by atoms with van der Waals surface area (Å²) in [5.41, 5.74) is -0.704. The zero-order valence-corrected chi connectivity index (χ0v) is 8.68. The molecule has 0 atom stereocenters. The molecule has 0 bridgehead atoms. The van der Waals surface area contributed by atoms with Crippen molar-refractivity contribution in [2.24, 2.45) is 0 Å². The van der Waals surface area contributed by atoms with Gasteiger partial charge in [0.15, 0.2) is 0 Å². The molecule has 1 N–H and O–H groups in total. The van der Waals surface area contributed by atoms with Crippen LogP contribution in [0.4, 0.5) is 8.78 Å². The van der Waals surface area contributed by atoms with E-state index in [2.05, 4.69) is 6.07 Å². The maximum absolute atomic E-state index is 12.5. The zero-order chi connectivity index (χ0) is 8.43. The van der Waals surface area contributed by atoms with Crippen LogP contribution in [0, 0.1) is 17.7 Å². The van der Waals surface area contributed by atoms with Gasteiger partial charge in [-0.25, -0.2) is 4.39 Å². The number of hydrogen-bond donors (Lipinski definition) is 1. The molecule has 0 aromatic heterocycles. The van der Waals surface area contributed by atoms with Crippen LogP contribution in [0.15, 0.2) is 12.1 Å². The summed E-state index contributed by atoms with van der Waals surface area (Å²) in [6.07, 6.45) is 0. The molecule has 0 heterocycles. The van der Waals surface area contributed by atoms with E-state index in [4.69, 9.17) is 5.11 Å². The second-order valence-corrected chi connectivity index (χ2v) is 1.84. The topological polar surface area (TPSA) is 37.3 Å². The molecule has 0 spiro atoms. The van der Waals surface area contributed by atoms with Gasteiger partial charge in [0.2, 0.25) is 0 Å². The average Bonchev–Trinajstić information content (AvgIpc) is 1.94. The summed E-state index contributed by atoms with van der Waals surface area (Å²) in [5, 5.41) is 8.26. The molecule has 1 rings (SSSR count). The van der Waals surface area contributed by atoms with Crippen LogP contribution in [0.25, 0.3) is 0 Å². The van der Waals surface area contributed by atoms with E-state index in [0.29, 0.717) is 0 Å². The molecule has 0 aliphatic rings. The van der Waals surface area contributed by atoms with E-state index in [-0.39, 0.29) is 32.7 Å². The molecule has 58 valence electrons. The van der Waals surface area contributed by atoms with Gasteiger partial charge in [-0.05, 0) is 5.56 Å². The number of carboxylic acid groups (broad SMARTS) is 1. The Morgan fingerprint density at radius 1 is 1.42 bits per heavy atom. The number of rotatable bonds is 1. The third-order valence-electron chi connectivity index (χ3n) is 1.11. The van der Waals surface area contributed by atoms with Crippen LogP contribution in [0.3, 0.4) is 0 Å². The molecule has 0 saturated carbocycles. The van der Waals surface area contributed by atoms with Crippen molar-refractivity contribution in [1.82, 2.24) is 0 Å². The van der Waals surface area contributed by atoms with Gasteiger partial charge in [-0.3, -0.25) is 9.18 Å². The predicted molar refractivity (Wildman–Crippen MR) is 32.2 cm³/mol. The van der Waals surface area contributed by atoms with E-state index in [1.54, 1.807) is 0 Å². The fourth-order valence-electron chi connectivity index (χ4n) is 0.609. The molecule has 12 heavy (non-hydrogen) atoms. The molecule has 2 nitrogen and oxygen atoms in total. The fourth-order valence-corrected chi connectivity index (χ4v) is 0.609. The van der Waals surface area contributed by atoms with Gasteiger partial charge in [0, 0.05) is 5.82 Å². The maximum Gasteiger partial charge on any atom is 3.00 e. The molecule has 0 amide bonds. The summed E-state index contributed by atoms with van der Waals surface area (Å²) < 4.78 is 24.7. The van der Waals surface area contributed by atoms with Crippen LogP contribution in [0.5, 0.6) is 0 Å². The van der Waals surface area contributed by atoms with Crippen molar-refractivity contribution >= 4 is 5.97 Å². The monoisotopic (exact) mass is 246 g/mol. The molecule has 0 saturated heterocycles. The van der Waals surface area contributed by atoms with Gasteiger partial charge in [0.25, 0.3) is 5.97 Å². The molecule has 5 heteroatoms. The summed E-state index contributed by atoms with van der Waals surface area (Å²) in [6, 6.07) is 3.77. The Morgan fingerprint density at radius 2 is 2.00 bits per heavy atom. The summed E-state index contributed by atoms with van der Waals surface area (Å²) >= 11 is 0. The Morgan fingerprint density at radius 3 is 2.42 bits per heavy atom. The first-order chi connectivity index (χ1) is 5.13. The third-order valence-corrected chi connectivity index (χ3v) is 1.11. The minimum Gasteiger partial charge on any atom is -0.487 e. The molecule has 0 aliphatic heterocycles. The molecule has 0 fully saturated rings. The molecule has 0 unspecified atom stereocenters. The van der Waals surface area contributed by atoms with E-state index in [9.17, 15) is 13.6 Å². The first kappa shape index (κ1) is 11.7. The number of hydrogen-bond acceptors (Lipinski definition) is 1. The van der Waals surface area contributed by atoms with Crippen molar-refractivity contribution < 1.29 is 51.4 Å². The first-order valence-electron chi connectivity index (χ1n) is 2.71. The van der Waals surface area contributed by atoms with Crippen LogP contribution in [0.2, 0.25) is 0 Å². The Bertz CT molecular complexity index is 301. The molecule has 1 aromatic rings. The predicted octanol–water partition coefficient (Wildman–Crippen LogP) is 1.46. The Balaban J connectivity index is 0.00000121. The fraction of sp³-hybridized carbons (Fsp3) is 0. The number of aromatic carboxylic acids is 1. The minimum atomic E-state index is -1.50. The second kappa shape index (κ2) is 4.62. The average molecular weight is 246 g/mol. The summed E-state index contributed by atoms with van der Waals surface area (Å²) in [4.78, 5) is 10.1. The Kier molecular flexibility index (Phi) is 4.49.